The quantitative estimate of drug-likeness (QED) is 0.579. The van der Waals surface area contributed by atoms with Crippen LogP contribution in [-0.4, -0.2) is 19.5 Å². The molecule has 0 aliphatic carbocycles. The van der Waals surface area contributed by atoms with Crippen LogP contribution in [0, 0.1) is 20.8 Å². The van der Waals surface area contributed by atoms with Crippen molar-refractivity contribution in [1.29, 1.82) is 0 Å². The van der Waals surface area contributed by atoms with Gasteiger partial charge in [-0.3, -0.25) is 4.40 Å². The molecule has 0 saturated heterocycles. The summed E-state index contributed by atoms with van der Waals surface area (Å²) in [6.45, 7) is 5.92. The third-order valence-corrected chi connectivity index (χ3v) is 4.41. The highest BCUT2D eigenvalue weighted by atomic mass is 16.4. The van der Waals surface area contributed by atoms with E-state index in [1.54, 1.807) is 6.07 Å². The molecule has 132 valence electrons. The van der Waals surface area contributed by atoms with Crippen molar-refractivity contribution < 1.29 is 9.52 Å². The summed E-state index contributed by atoms with van der Waals surface area (Å²) in [5.41, 5.74) is 4.86. The second-order valence-electron chi connectivity index (χ2n) is 6.36. The van der Waals surface area contributed by atoms with Gasteiger partial charge in [-0.1, -0.05) is 18.2 Å². The third-order valence-electron chi connectivity index (χ3n) is 4.41. The summed E-state index contributed by atoms with van der Waals surface area (Å²) >= 11 is 0. The number of furan rings is 1. The summed E-state index contributed by atoms with van der Waals surface area (Å²) in [5, 5.41) is 12.8. The smallest absolute Gasteiger partial charge is 0.236 e. The van der Waals surface area contributed by atoms with Crippen molar-refractivity contribution >= 4 is 17.3 Å². The maximum atomic E-state index is 9.30. The van der Waals surface area contributed by atoms with Gasteiger partial charge in [0, 0.05) is 17.6 Å². The van der Waals surface area contributed by atoms with Crippen LogP contribution in [0.4, 0.5) is 11.5 Å². The van der Waals surface area contributed by atoms with Gasteiger partial charge < -0.3 is 14.8 Å². The second-order valence-corrected chi connectivity index (χ2v) is 6.36. The molecule has 3 aromatic heterocycles. The van der Waals surface area contributed by atoms with E-state index >= 15 is 0 Å². The summed E-state index contributed by atoms with van der Waals surface area (Å²) < 4.78 is 7.64. The van der Waals surface area contributed by atoms with Gasteiger partial charge >= 0.3 is 0 Å². The number of anilines is 2. The number of rotatable bonds is 4. The predicted molar refractivity (Wildman–Crippen MR) is 101 cm³/mol. The Morgan fingerprint density at radius 2 is 1.81 bits per heavy atom. The topological polar surface area (TPSA) is 75.6 Å². The Bertz CT molecular complexity index is 1070. The predicted octanol–water partition coefficient (Wildman–Crippen LogP) is 4.15. The van der Waals surface area contributed by atoms with Gasteiger partial charge in [-0.05, 0) is 50.1 Å². The van der Waals surface area contributed by atoms with Crippen LogP contribution in [0.5, 0.6) is 0 Å². The Morgan fingerprint density at radius 3 is 2.50 bits per heavy atom. The largest absolute Gasteiger partial charge is 0.457 e. The van der Waals surface area contributed by atoms with Gasteiger partial charge in [0.2, 0.25) is 5.78 Å². The lowest BCUT2D eigenvalue weighted by atomic mass is 10.1. The van der Waals surface area contributed by atoms with Crippen LogP contribution in [-0.2, 0) is 6.61 Å². The Kier molecular flexibility index (Phi) is 3.97. The minimum atomic E-state index is -0.148. The molecule has 2 N–H and O–H groups in total. The first-order chi connectivity index (χ1) is 12.6. The Morgan fingerprint density at radius 1 is 1.04 bits per heavy atom. The highest BCUT2D eigenvalue weighted by Gasteiger charge is 2.19. The van der Waals surface area contributed by atoms with Crippen molar-refractivity contribution in [3.05, 3.63) is 65.2 Å². The number of aryl methyl sites for hydroxylation is 3. The molecule has 4 rings (SSSR count). The Balaban J connectivity index is 1.92. The normalized spacial score (nSPS) is 11.2. The average Bonchev–Trinajstić information content (AvgIpc) is 3.22. The molecule has 0 atom stereocenters. The second kappa shape index (κ2) is 6.31. The molecule has 0 unspecified atom stereocenters. The number of hydrogen-bond donors (Lipinski definition) is 2. The van der Waals surface area contributed by atoms with Crippen molar-refractivity contribution in [3.63, 3.8) is 0 Å². The monoisotopic (exact) mass is 348 g/mol. The first-order valence-electron chi connectivity index (χ1n) is 8.45. The average molecular weight is 348 g/mol. The van der Waals surface area contributed by atoms with Gasteiger partial charge in [0.1, 0.15) is 18.2 Å². The molecule has 6 heteroatoms. The summed E-state index contributed by atoms with van der Waals surface area (Å²) in [6, 6.07) is 11.7. The number of aromatic nitrogens is 3. The van der Waals surface area contributed by atoms with Gasteiger partial charge in [0.05, 0.1) is 0 Å². The van der Waals surface area contributed by atoms with E-state index < -0.39 is 0 Å². The molecule has 26 heavy (non-hydrogen) atoms. The van der Waals surface area contributed by atoms with Crippen molar-refractivity contribution in [2.75, 3.05) is 5.32 Å². The number of benzene rings is 1. The van der Waals surface area contributed by atoms with E-state index in [1.165, 1.54) is 0 Å². The number of aliphatic hydroxyl groups is 1. The third kappa shape index (κ3) is 2.74. The van der Waals surface area contributed by atoms with E-state index in [0.29, 0.717) is 23.0 Å². The zero-order valence-corrected chi connectivity index (χ0v) is 14.9. The number of aliphatic hydroxyl groups excluding tert-OH is 1. The molecule has 6 nitrogen and oxygen atoms in total. The fraction of sp³-hybridized carbons (Fsp3) is 0.200. The molecule has 0 amide bonds. The molecule has 0 bridgehead atoms. The van der Waals surface area contributed by atoms with Crippen molar-refractivity contribution in [3.8, 4) is 11.5 Å². The summed E-state index contributed by atoms with van der Waals surface area (Å²) in [4.78, 5) is 9.18. The zero-order valence-electron chi connectivity index (χ0n) is 14.9. The molecule has 3 heterocycles. The molecule has 0 saturated carbocycles. The molecule has 0 aliphatic heterocycles. The zero-order chi connectivity index (χ0) is 18.3. The number of hydrogen-bond acceptors (Lipinski definition) is 5. The van der Waals surface area contributed by atoms with Crippen molar-refractivity contribution in [2.24, 2.45) is 0 Å². The lowest BCUT2D eigenvalue weighted by Gasteiger charge is -2.13. The highest BCUT2D eigenvalue weighted by molar-refractivity contribution is 5.78. The fourth-order valence-corrected chi connectivity index (χ4v) is 3.03. The maximum Gasteiger partial charge on any atom is 0.236 e. The van der Waals surface area contributed by atoms with Crippen LogP contribution < -0.4 is 5.32 Å². The molecular weight excluding hydrogens is 328 g/mol. The summed E-state index contributed by atoms with van der Waals surface area (Å²) in [6.07, 6.45) is 1.94. The van der Waals surface area contributed by atoms with Crippen molar-refractivity contribution in [2.45, 2.75) is 27.4 Å². The lowest BCUT2D eigenvalue weighted by Crippen LogP contribution is -2.01. The van der Waals surface area contributed by atoms with Crippen molar-refractivity contribution in [1.82, 2.24) is 14.4 Å². The number of para-hydroxylation sites is 1. The van der Waals surface area contributed by atoms with E-state index in [0.717, 1.165) is 28.3 Å². The highest BCUT2D eigenvalue weighted by Crippen LogP contribution is 2.33. The van der Waals surface area contributed by atoms with E-state index in [9.17, 15) is 5.11 Å². The SMILES string of the molecule is Cc1ccn2c(Nc3c(C)cccc3C)c(-c3ccc(CO)o3)nc2n1. The fourth-order valence-electron chi connectivity index (χ4n) is 3.03. The molecule has 0 spiro atoms. The molecule has 0 radical (unpaired) electrons. The number of nitrogens with one attached hydrogen (secondary N) is 1. The maximum absolute atomic E-state index is 9.30. The van der Waals surface area contributed by atoms with Crippen LogP contribution in [0.1, 0.15) is 22.6 Å². The molecule has 4 aromatic rings. The van der Waals surface area contributed by atoms with E-state index in [4.69, 9.17) is 4.42 Å². The standard InChI is InChI=1S/C20H20N4O2/c1-12-5-4-6-13(2)17(12)22-19-18(16-8-7-15(11-25)26-16)23-20-21-14(3)9-10-24(19)20/h4-10,22,25H,11H2,1-3H3. The van der Waals surface area contributed by atoms with Crippen LogP contribution in [0.2, 0.25) is 0 Å². The van der Waals surface area contributed by atoms with Crippen LogP contribution in [0.15, 0.2) is 47.0 Å². The van der Waals surface area contributed by atoms with Gasteiger partial charge in [-0.15, -0.1) is 0 Å². The molecular formula is C20H20N4O2. The van der Waals surface area contributed by atoms with Crippen LogP contribution >= 0.6 is 0 Å². The van der Waals surface area contributed by atoms with Gasteiger partial charge in [-0.2, -0.15) is 0 Å². The minimum absolute atomic E-state index is 0.148. The van der Waals surface area contributed by atoms with Crippen LogP contribution in [0.3, 0.4) is 0 Å². The lowest BCUT2D eigenvalue weighted by molar-refractivity contribution is 0.248. The molecule has 0 aliphatic rings. The number of imidazole rings is 1. The van der Waals surface area contributed by atoms with Gasteiger partial charge in [-0.25, -0.2) is 9.97 Å². The van der Waals surface area contributed by atoms with Gasteiger partial charge in [0.25, 0.3) is 0 Å². The van der Waals surface area contributed by atoms with Crippen LogP contribution in [0.25, 0.3) is 17.2 Å². The Labute approximate surface area is 151 Å². The first-order valence-corrected chi connectivity index (χ1v) is 8.45. The van der Waals surface area contributed by atoms with E-state index in [1.807, 2.05) is 35.7 Å². The van der Waals surface area contributed by atoms with E-state index in [2.05, 4.69) is 41.3 Å². The number of fused-ring (bicyclic) bond motifs is 1. The Hall–Kier alpha value is -3.12. The van der Waals surface area contributed by atoms with Gasteiger partial charge in [0.15, 0.2) is 11.5 Å². The summed E-state index contributed by atoms with van der Waals surface area (Å²) in [7, 11) is 0. The minimum Gasteiger partial charge on any atom is -0.457 e. The summed E-state index contributed by atoms with van der Waals surface area (Å²) in [5.74, 6) is 2.46. The molecule has 1 aromatic carbocycles. The number of nitrogens with zero attached hydrogens (tertiary/aromatic N) is 3. The first kappa shape index (κ1) is 16.4. The molecule has 0 fully saturated rings. The van der Waals surface area contributed by atoms with E-state index in [-0.39, 0.29) is 6.61 Å².